The number of benzene rings is 4. The van der Waals surface area contributed by atoms with Gasteiger partial charge in [-0.05, 0) is 23.3 Å². The van der Waals surface area contributed by atoms with Crippen LogP contribution >= 0.6 is 0 Å². The molecule has 0 radical (unpaired) electrons. The smallest absolute Gasteiger partial charge is 0.105 e. The Bertz CT molecular complexity index is 1930. The van der Waals surface area contributed by atoms with Gasteiger partial charge in [-0.15, -0.1) is 0 Å². The van der Waals surface area contributed by atoms with Gasteiger partial charge in [0.05, 0.1) is 27.2 Å². The van der Waals surface area contributed by atoms with Gasteiger partial charge < -0.3 is 39.0 Å². The first-order chi connectivity index (χ1) is 22.7. The van der Waals surface area contributed by atoms with Crippen molar-refractivity contribution in [1.29, 1.82) is 0 Å². The van der Waals surface area contributed by atoms with Crippen molar-refractivity contribution in [3.05, 3.63) is 143 Å². The number of nitrogens with one attached hydrogen (secondary N) is 2. The molecule has 4 heterocycles. The molecule has 2 unspecified atom stereocenters. The van der Waals surface area contributed by atoms with E-state index in [1.54, 1.807) is 32.3 Å². The number of aromatic nitrogens is 2. The van der Waals surface area contributed by atoms with Crippen LogP contribution in [-0.2, 0) is 49.4 Å². The second kappa shape index (κ2) is 16.4. The summed E-state index contributed by atoms with van der Waals surface area (Å²) < 4.78 is 39.2. The van der Waals surface area contributed by atoms with Crippen molar-refractivity contribution >= 4 is 32.2 Å². The van der Waals surface area contributed by atoms with E-state index in [2.05, 4.69) is 132 Å². The summed E-state index contributed by atoms with van der Waals surface area (Å²) in [6.45, 7) is 6.73. The molecular weight excluding hydrogens is 641 g/mol. The van der Waals surface area contributed by atoms with Gasteiger partial charge in [0.2, 0.25) is 0 Å². The minimum Gasteiger partial charge on any atom is -0.759 e. The number of hydrogen-bond donors (Lipinski definition) is 2. The maximum Gasteiger partial charge on any atom is 0.105 e. The molecule has 4 aromatic carbocycles. The predicted molar refractivity (Wildman–Crippen MR) is 191 cm³/mol. The molecule has 0 bridgehead atoms. The van der Waals surface area contributed by atoms with E-state index < -0.39 is 10.4 Å². The second-order valence-electron chi connectivity index (χ2n) is 12.7. The van der Waals surface area contributed by atoms with Crippen molar-refractivity contribution in [3.63, 3.8) is 0 Å². The van der Waals surface area contributed by atoms with Crippen LogP contribution in [0, 0.1) is 0 Å². The Balaban J connectivity index is 0.000000188. The van der Waals surface area contributed by atoms with Crippen molar-refractivity contribution in [2.75, 3.05) is 27.2 Å². The molecule has 10 nitrogen and oxygen atoms in total. The third-order valence-electron chi connectivity index (χ3n) is 9.29. The van der Waals surface area contributed by atoms with E-state index in [1.165, 1.54) is 58.9 Å². The molecule has 0 saturated heterocycles. The van der Waals surface area contributed by atoms with E-state index in [0.29, 0.717) is 0 Å². The third kappa shape index (κ3) is 9.02. The Morgan fingerprint density at radius 3 is 1.27 bits per heavy atom. The Hall–Kier alpha value is -4.33. The molecular formula is C38H46N4O6S. The van der Waals surface area contributed by atoms with Gasteiger partial charge >= 0.3 is 0 Å². The highest BCUT2D eigenvalue weighted by Crippen LogP contribution is 2.29. The molecule has 6 N–H and O–H groups in total. The van der Waals surface area contributed by atoms with Crippen molar-refractivity contribution in [2.45, 2.75) is 39.0 Å². The number of para-hydroxylation sites is 2. The molecule has 2 aliphatic rings. The molecule has 0 amide bonds. The summed E-state index contributed by atoms with van der Waals surface area (Å²) in [4.78, 5) is 3.23. The minimum atomic E-state index is -5.17. The molecule has 49 heavy (non-hydrogen) atoms. The van der Waals surface area contributed by atoms with Crippen LogP contribution in [0.15, 0.2) is 109 Å². The van der Waals surface area contributed by atoms with Gasteiger partial charge in [-0.25, -0.2) is 0 Å². The quantitative estimate of drug-likeness (QED) is 0.213. The molecule has 2 aliphatic heterocycles. The van der Waals surface area contributed by atoms with Crippen LogP contribution in [0.4, 0.5) is 0 Å². The van der Waals surface area contributed by atoms with Crippen LogP contribution in [0.3, 0.4) is 0 Å². The van der Waals surface area contributed by atoms with Crippen molar-refractivity contribution in [2.24, 2.45) is 0 Å². The van der Waals surface area contributed by atoms with E-state index in [9.17, 15) is 0 Å². The molecule has 260 valence electrons. The first kappa shape index (κ1) is 37.5. The highest BCUT2D eigenvalue weighted by molar-refractivity contribution is 7.79. The van der Waals surface area contributed by atoms with Gasteiger partial charge in [-0.3, -0.25) is 8.42 Å². The number of nitrogens with zero attached hydrogens (tertiary/aromatic N) is 2. The van der Waals surface area contributed by atoms with Gasteiger partial charge in [0.1, 0.15) is 13.1 Å². The van der Waals surface area contributed by atoms with E-state index in [0.717, 1.165) is 26.2 Å². The summed E-state index contributed by atoms with van der Waals surface area (Å²) in [6, 6.07) is 39.4. The minimum absolute atomic E-state index is 0. The molecule has 6 aromatic rings. The number of likely N-dealkylation sites (N-methyl/N-ethyl adjacent to an activating group) is 2. The Morgan fingerprint density at radius 2 is 0.898 bits per heavy atom. The Labute approximate surface area is 288 Å². The monoisotopic (exact) mass is 686 g/mol. The topological polar surface area (TPSA) is 162 Å². The normalized spacial score (nSPS) is 16.5. The molecule has 0 aliphatic carbocycles. The Morgan fingerprint density at radius 1 is 0.571 bits per heavy atom. The van der Waals surface area contributed by atoms with Crippen LogP contribution in [0.25, 0.3) is 21.8 Å². The number of fused-ring (bicyclic) bond motifs is 6. The van der Waals surface area contributed by atoms with Crippen LogP contribution in [0.2, 0.25) is 0 Å². The fraction of sp³-hybridized carbons (Fsp3) is 0.263. The number of hydrogen-bond acceptors (Lipinski definition) is 4. The molecule has 0 fully saturated rings. The third-order valence-corrected chi connectivity index (χ3v) is 9.29. The van der Waals surface area contributed by atoms with E-state index in [1.807, 2.05) is 0 Å². The van der Waals surface area contributed by atoms with Crippen LogP contribution in [0.5, 0.6) is 0 Å². The molecule has 0 spiro atoms. The van der Waals surface area contributed by atoms with Crippen LogP contribution < -0.4 is 9.80 Å². The predicted octanol–water partition coefficient (Wildman–Crippen LogP) is 1.53. The van der Waals surface area contributed by atoms with Crippen molar-refractivity contribution in [3.8, 4) is 0 Å². The zero-order chi connectivity index (χ0) is 33.0. The van der Waals surface area contributed by atoms with Crippen LogP contribution in [0.1, 0.15) is 33.6 Å². The zero-order valence-corrected chi connectivity index (χ0v) is 28.8. The first-order valence-corrected chi connectivity index (χ1v) is 17.5. The maximum atomic E-state index is 8.52. The largest absolute Gasteiger partial charge is 0.759 e. The van der Waals surface area contributed by atoms with E-state index in [-0.39, 0.29) is 11.0 Å². The van der Waals surface area contributed by atoms with E-state index in [4.69, 9.17) is 17.5 Å². The summed E-state index contributed by atoms with van der Waals surface area (Å²) in [5.41, 5.74) is 11.8. The lowest BCUT2D eigenvalue weighted by Gasteiger charge is -2.21. The second-order valence-corrected chi connectivity index (χ2v) is 13.5. The lowest BCUT2D eigenvalue weighted by Crippen LogP contribution is -3.08. The standard InChI is InChI=1S/2C19H20N2.H2O4S.2H2O/c2*1-20-12-11-19-17(14-20)16-9-5-6-10-18(16)21(19)13-15-7-3-2-4-8-15;1-5(2,3)4;;/h2*2-10H,11-14H2,1H3;(H2,1,2,3,4);2*1H2. The van der Waals surface area contributed by atoms with Crippen LogP contribution in [-0.4, -0.2) is 64.8 Å². The molecule has 11 heteroatoms. The summed E-state index contributed by atoms with van der Waals surface area (Å²) in [5.74, 6) is 0. The molecule has 2 aromatic heterocycles. The summed E-state index contributed by atoms with van der Waals surface area (Å²) in [6.07, 6.45) is 2.37. The first-order valence-electron chi connectivity index (χ1n) is 16.2. The van der Waals surface area contributed by atoms with Gasteiger partial charge in [-0.1, -0.05) is 97.1 Å². The fourth-order valence-corrected chi connectivity index (χ4v) is 7.16. The Kier molecular flexibility index (Phi) is 12.5. The van der Waals surface area contributed by atoms with Gasteiger partial charge in [-0.2, -0.15) is 0 Å². The average molecular weight is 687 g/mol. The number of quaternary nitrogens is 2. The van der Waals surface area contributed by atoms with Gasteiger partial charge in [0, 0.05) is 80.7 Å². The lowest BCUT2D eigenvalue weighted by molar-refractivity contribution is -0.895. The molecule has 0 saturated carbocycles. The van der Waals surface area contributed by atoms with Gasteiger partial charge in [0.15, 0.2) is 0 Å². The van der Waals surface area contributed by atoms with Gasteiger partial charge in [0.25, 0.3) is 0 Å². The lowest BCUT2D eigenvalue weighted by atomic mass is 10.1. The highest BCUT2D eigenvalue weighted by Gasteiger charge is 2.25. The fourth-order valence-electron chi connectivity index (χ4n) is 7.16. The van der Waals surface area contributed by atoms with E-state index >= 15 is 0 Å². The summed E-state index contributed by atoms with van der Waals surface area (Å²) in [5, 5.41) is 2.89. The average Bonchev–Trinajstić information content (AvgIpc) is 3.53. The summed E-state index contributed by atoms with van der Waals surface area (Å²) >= 11 is 0. The van der Waals surface area contributed by atoms with Crippen molar-refractivity contribution in [1.82, 2.24) is 9.13 Å². The van der Waals surface area contributed by atoms with Crippen molar-refractivity contribution < 1.29 is 38.3 Å². The highest BCUT2D eigenvalue weighted by atomic mass is 32.3. The maximum absolute atomic E-state index is 8.52. The molecule has 8 rings (SSSR count). The SMILES string of the molecule is C[NH+]1CCc2c(c3ccccc3n2Cc2ccccc2)C1.C[NH+]1CCc2c(c3ccccc3n2Cc2ccccc2)C1.O.O.O=S(=O)([O-])[O-]. The zero-order valence-electron chi connectivity index (χ0n) is 28.0. The summed E-state index contributed by atoms with van der Waals surface area (Å²) in [7, 11) is -0.571. The molecule has 2 atom stereocenters. The number of rotatable bonds is 4.